The molecule has 21 rings (SSSR count). The Bertz CT molecular complexity index is 6630. The minimum absolute atomic E-state index is 0.0573. The van der Waals surface area contributed by atoms with Crippen molar-refractivity contribution in [2.45, 2.75) is 57.8 Å². The maximum atomic E-state index is 5.88. The van der Waals surface area contributed by atoms with Crippen LogP contribution in [0.4, 0.5) is 0 Å². The number of hydrogen-bond acceptors (Lipinski definition) is 2. The lowest BCUT2D eigenvalue weighted by atomic mass is 9.82. The molecule has 0 spiro atoms. The van der Waals surface area contributed by atoms with E-state index in [1.54, 1.807) is 0 Å². The first-order valence-corrected chi connectivity index (χ1v) is 35.1. The fraction of sp³-hybridized carbons (Fsp3) is 0.0947. The van der Waals surface area contributed by atoms with Gasteiger partial charge in [0.25, 0.3) is 0 Å². The third kappa shape index (κ3) is 7.94. The zero-order chi connectivity index (χ0) is 66.7. The second-order valence-electron chi connectivity index (χ2n) is 29.7. The molecule has 0 aliphatic heterocycles. The molecule has 0 radical (unpaired) electrons. The van der Waals surface area contributed by atoms with E-state index in [9.17, 15) is 0 Å². The maximum absolute atomic E-state index is 5.88. The Hall–Kier alpha value is -12.2. The van der Waals surface area contributed by atoms with Crippen molar-refractivity contribution in [3.8, 4) is 95.3 Å². The third-order valence-electron chi connectivity index (χ3n) is 23.3. The Kier molecular flexibility index (Phi) is 11.6. The van der Waals surface area contributed by atoms with Crippen molar-refractivity contribution in [2.24, 2.45) is 0 Å². The summed E-state index contributed by atoms with van der Waals surface area (Å²) in [7, 11) is 0. The molecule has 100 heavy (non-hydrogen) atoms. The second kappa shape index (κ2) is 20.5. The highest BCUT2D eigenvalue weighted by molar-refractivity contribution is 6.14. The molecule has 0 amide bonds. The van der Waals surface area contributed by atoms with Gasteiger partial charge in [0.05, 0.1) is 44.3 Å². The van der Waals surface area contributed by atoms with Gasteiger partial charge in [0, 0.05) is 70.9 Å². The standard InChI is InChI=1S/C95H67N5/c1-93(2)78-28-13-7-22-65(78)71-49-56(34-41-81(71)93)59-37-45-88-74(52-59)68-25-10-16-31-85(68)98(88)63-21-19-20-62(48-63)91-77-55-64(99-86-32-17-11-26-69(86)75-53-60(38-46-89(75)99)57-35-42-82-72(50-57)66-23-8-14-29-79(66)94(82,3)4)40-44-84(77)96-92(97-91)100-87-33-18-12-27-70(87)76-54-61(39-47-90(76)100)58-36-43-83-73(51-58)67-24-9-15-30-80(67)95(83,5)6/h7-55H,1-6H3. The van der Waals surface area contributed by atoms with Gasteiger partial charge in [-0.1, -0.05) is 236 Å². The summed E-state index contributed by atoms with van der Waals surface area (Å²) in [5, 5.41) is 8.07. The molecule has 0 saturated heterocycles. The number of hydrogen-bond donors (Lipinski definition) is 0. The molecule has 14 aromatic carbocycles. The number of benzene rings is 14. The summed E-state index contributed by atoms with van der Waals surface area (Å²) < 4.78 is 7.16. The predicted molar refractivity (Wildman–Crippen MR) is 417 cm³/mol. The second-order valence-corrected chi connectivity index (χ2v) is 29.7. The van der Waals surface area contributed by atoms with Crippen LogP contribution >= 0.6 is 0 Å². The summed E-state index contributed by atoms with van der Waals surface area (Å²) in [6.07, 6.45) is 0. The SMILES string of the molecule is CC1(C)c2ccccc2-c2cc(-c3ccc4c(c3)c3ccccc3n4-c3cccc(-c4nc(-n5c6ccccc6c6cc(-c7ccc8c(c7)-c7ccccc7C8(C)C)ccc65)nc5ccc(-n6c7ccccc7c7cc(-c8ccc9c(c8)-c8ccccc8C9(C)C)ccc76)cc45)c3)ccc21. The minimum Gasteiger partial charge on any atom is -0.309 e. The van der Waals surface area contributed by atoms with E-state index in [0.717, 1.165) is 77.4 Å². The Morgan fingerprint density at radius 2 is 0.570 bits per heavy atom. The van der Waals surface area contributed by atoms with Gasteiger partial charge in [-0.25, -0.2) is 9.97 Å². The predicted octanol–water partition coefficient (Wildman–Crippen LogP) is 24.5. The summed E-state index contributed by atoms with van der Waals surface area (Å²) in [4.78, 5) is 11.5. The minimum atomic E-state index is -0.0684. The van der Waals surface area contributed by atoms with Gasteiger partial charge in [0.15, 0.2) is 0 Å². The average Bonchev–Trinajstić information content (AvgIpc) is 1.55. The van der Waals surface area contributed by atoms with E-state index in [1.807, 2.05) is 0 Å². The van der Waals surface area contributed by atoms with Crippen molar-refractivity contribution in [1.82, 2.24) is 23.7 Å². The molecule has 5 nitrogen and oxygen atoms in total. The number of fused-ring (bicyclic) bond motifs is 19. The lowest BCUT2D eigenvalue weighted by Crippen LogP contribution is -2.14. The molecule has 0 saturated carbocycles. The van der Waals surface area contributed by atoms with Crippen LogP contribution in [0, 0.1) is 0 Å². The zero-order valence-electron chi connectivity index (χ0n) is 56.5. The summed E-state index contributed by atoms with van der Waals surface area (Å²) in [6.45, 7) is 14.1. The highest BCUT2D eigenvalue weighted by atomic mass is 15.2. The van der Waals surface area contributed by atoms with Crippen LogP contribution in [0.2, 0.25) is 0 Å². The van der Waals surface area contributed by atoms with Gasteiger partial charge in [-0.3, -0.25) is 4.57 Å². The molecule has 4 aromatic heterocycles. The lowest BCUT2D eigenvalue weighted by molar-refractivity contribution is 0.660. The van der Waals surface area contributed by atoms with Gasteiger partial charge in [0.1, 0.15) is 0 Å². The molecule has 3 aliphatic carbocycles. The van der Waals surface area contributed by atoms with Crippen molar-refractivity contribution in [2.75, 3.05) is 0 Å². The van der Waals surface area contributed by atoms with E-state index in [4.69, 9.17) is 9.97 Å². The van der Waals surface area contributed by atoms with Crippen LogP contribution in [0.1, 0.15) is 74.9 Å². The average molecular weight is 1280 g/mol. The van der Waals surface area contributed by atoms with E-state index in [0.29, 0.717) is 5.95 Å². The van der Waals surface area contributed by atoms with E-state index >= 15 is 0 Å². The quantitative estimate of drug-likeness (QED) is 0.160. The fourth-order valence-electron chi connectivity index (χ4n) is 18.3. The van der Waals surface area contributed by atoms with E-state index < -0.39 is 0 Å². The van der Waals surface area contributed by atoms with Gasteiger partial charge in [0.2, 0.25) is 5.95 Å². The van der Waals surface area contributed by atoms with Gasteiger partial charge in [-0.15, -0.1) is 0 Å². The molecule has 0 fully saturated rings. The summed E-state index contributed by atoms with van der Waals surface area (Å²) >= 11 is 0. The normalized spacial score (nSPS) is 14.3. The molecule has 4 heterocycles. The van der Waals surface area contributed by atoms with E-state index in [-0.39, 0.29) is 16.2 Å². The van der Waals surface area contributed by atoms with Crippen LogP contribution in [0.3, 0.4) is 0 Å². The summed E-state index contributed by atoms with van der Waals surface area (Å²) in [5.41, 5.74) is 34.7. The monoisotopic (exact) mass is 1280 g/mol. The largest absolute Gasteiger partial charge is 0.309 e. The Balaban J connectivity index is 0.739. The maximum Gasteiger partial charge on any atom is 0.235 e. The molecule has 5 heteroatoms. The first kappa shape index (κ1) is 56.9. The van der Waals surface area contributed by atoms with Crippen molar-refractivity contribution >= 4 is 76.3 Å². The van der Waals surface area contributed by atoms with Crippen LogP contribution in [-0.4, -0.2) is 23.7 Å². The van der Waals surface area contributed by atoms with Crippen LogP contribution in [0.5, 0.6) is 0 Å². The van der Waals surface area contributed by atoms with Gasteiger partial charge in [-0.05, 0) is 203 Å². The summed E-state index contributed by atoms with van der Waals surface area (Å²) in [6, 6.07) is 111. The van der Waals surface area contributed by atoms with Crippen molar-refractivity contribution in [1.29, 1.82) is 0 Å². The highest BCUT2D eigenvalue weighted by Gasteiger charge is 2.38. The molecule has 0 N–H and O–H groups in total. The number of nitrogens with zero attached hydrogens (tertiary/aromatic N) is 5. The topological polar surface area (TPSA) is 40.6 Å². The van der Waals surface area contributed by atoms with Crippen LogP contribution in [0.15, 0.2) is 297 Å². The van der Waals surface area contributed by atoms with E-state index in [1.165, 1.54) is 122 Å². The molecule has 0 bridgehead atoms. The van der Waals surface area contributed by atoms with Gasteiger partial charge in [-0.2, -0.15) is 0 Å². The van der Waals surface area contributed by atoms with Gasteiger partial charge < -0.3 is 9.13 Å². The third-order valence-corrected chi connectivity index (χ3v) is 23.3. The number of para-hydroxylation sites is 3. The smallest absolute Gasteiger partial charge is 0.235 e. The van der Waals surface area contributed by atoms with Gasteiger partial charge >= 0.3 is 0 Å². The van der Waals surface area contributed by atoms with Crippen LogP contribution in [0.25, 0.3) is 172 Å². The Morgan fingerprint density at radius 3 is 1.02 bits per heavy atom. The first-order chi connectivity index (χ1) is 48.8. The zero-order valence-corrected chi connectivity index (χ0v) is 56.5. The molecule has 3 aliphatic rings. The molecule has 0 atom stereocenters. The first-order valence-electron chi connectivity index (χ1n) is 35.1. The molecule has 18 aromatic rings. The lowest BCUT2D eigenvalue weighted by Gasteiger charge is -2.21. The molecular weight excluding hydrogens is 1210 g/mol. The Morgan fingerprint density at radius 1 is 0.220 bits per heavy atom. The Labute approximate surface area is 580 Å². The van der Waals surface area contributed by atoms with E-state index in [2.05, 4.69) is 352 Å². The van der Waals surface area contributed by atoms with Crippen molar-refractivity contribution in [3.63, 3.8) is 0 Å². The van der Waals surface area contributed by atoms with Crippen molar-refractivity contribution < 1.29 is 0 Å². The van der Waals surface area contributed by atoms with Crippen LogP contribution < -0.4 is 0 Å². The molecule has 0 unspecified atom stereocenters. The van der Waals surface area contributed by atoms with Crippen molar-refractivity contribution in [3.05, 3.63) is 331 Å². The van der Waals surface area contributed by atoms with Crippen LogP contribution in [-0.2, 0) is 16.2 Å². The number of rotatable bonds is 7. The number of aromatic nitrogens is 5. The molecule has 472 valence electrons. The fourth-order valence-corrected chi connectivity index (χ4v) is 18.3. The summed E-state index contributed by atoms with van der Waals surface area (Å²) in [5.74, 6) is 0.613. The highest BCUT2D eigenvalue weighted by Crippen LogP contribution is 2.54. The molecular formula is C95H67N5.